The van der Waals surface area contributed by atoms with E-state index >= 15 is 0 Å². The first-order valence-electron chi connectivity index (χ1n) is 4.94. The molecule has 0 unspecified atom stereocenters. The Labute approximate surface area is 117 Å². The molecule has 0 aliphatic carbocycles. The molecule has 1 heterocycles. The standard InChI is InChI=1S/C11H15AsI.HI/c13-12(9-5-2-6-10-12)11-7-3-1-4-8-11;/h1,3-4,7-8H,2,5-6,9-10H2;1H/q+1;/p-1. The predicted octanol–water partition coefficient (Wildman–Crippen LogP) is 0.462. The SMILES string of the molecule is I[As+]1(c2ccccc2)CCCCC1.[I-]. The summed E-state index contributed by atoms with van der Waals surface area (Å²) < 4.78 is 1.70. The zero-order chi connectivity index (χ0) is 9.15. The summed E-state index contributed by atoms with van der Waals surface area (Å²) in [6.07, 6.45) is 4.43. The Morgan fingerprint density at radius 3 is 2.07 bits per heavy atom. The fraction of sp³-hybridized carbons (Fsp3) is 0.455. The maximum Gasteiger partial charge on any atom is -1.00 e. The minimum absolute atomic E-state index is 0. The van der Waals surface area contributed by atoms with E-state index in [1.807, 2.05) is 0 Å². The summed E-state index contributed by atoms with van der Waals surface area (Å²) in [5.74, 6) is 0. The van der Waals surface area contributed by atoms with Crippen LogP contribution in [0.5, 0.6) is 0 Å². The minimum atomic E-state index is -1.40. The van der Waals surface area contributed by atoms with Gasteiger partial charge in [0, 0.05) is 0 Å². The molecule has 0 bridgehead atoms. The molecule has 3 heteroatoms. The van der Waals surface area contributed by atoms with Crippen molar-refractivity contribution in [2.45, 2.75) is 29.7 Å². The molecule has 0 saturated carbocycles. The number of hydrogen-bond donors (Lipinski definition) is 0. The molecule has 78 valence electrons. The molecule has 0 aromatic heterocycles. The predicted molar refractivity (Wildman–Crippen MR) is 69.3 cm³/mol. The minimum Gasteiger partial charge on any atom is -1.00 e. The average molecular weight is 476 g/mol. The van der Waals surface area contributed by atoms with Crippen molar-refractivity contribution in [1.29, 1.82) is 0 Å². The van der Waals surface area contributed by atoms with E-state index in [4.69, 9.17) is 0 Å². The second-order valence-electron chi connectivity index (χ2n) is 3.71. The van der Waals surface area contributed by atoms with E-state index in [0.717, 1.165) is 0 Å². The summed E-state index contributed by atoms with van der Waals surface area (Å²) >= 11 is 2.83. The first kappa shape index (κ1) is 13.3. The van der Waals surface area contributed by atoms with Crippen LogP contribution in [0.1, 0.15) is 19.3 Å². The molecule has 14 heavy (non-hydrogen) atoms. The summed E-state index contributed by atoms with van der Waals surface area (Å²) in [5, 5.41) is 3.06. The summed E-state index contributed by atoms with van der Waals surface area (Å²) in [6, 6.07) is 11.2. The van der Waals surface area contributed by atoms with E-state index in [9.17, 15) is 0 Å². The van der Waals surface area contributed by atoms with Gasteiger partial charge in [-0.3, -0.25) is 0 Å². The van der Waals surface area contributed by atoms with Crippen molar-refractivity contribution in [2.24, 2.45) is 0 Å². The van der Waals surface area contributed by atoms with Gasteiger partial charge in [0.2, 0.25) is 0 Å². The zero-order valence-electron chi connectivity index (χ0n) is 8.13. The molecule has 0 N–H and O–H groups in total. The molecule has 1 saturated heterocycles. The van der Waals surface area contributed by atoms with Gasteiger partial charge in [0.25, 0.3) is 0 Å². The topological polar surface area (TPSA) is 0 Å². The van der Waals surface area contributed by atoms with Crippen LogP contribution in [0.2, 0.25) is 10.4 Å². The molecule has 0 amide bonds. The Hall–Kier alpha value is 1.24. The van der Waals surface area contributed by atoms with E-state index in [-0.39, 0.29) is 24.0 Å². The quantitative estimate of drug-likeness (QED) is 0.409. The molecule has 1 aromatic rings. The van der Waals surface area contributed by atoms with Crippen LogP contribution in [0.25, 0.3) is 0 Å². The van der Waals surface area contributed by atoms with E-state index in [1.165, 1.54) is 29.7 Å². The van der Waals surface area contributed by atoms with E-state index < -0.39 is 10.2 Å². The Bertz CT molecular complexity index is 268. The van der Waals surface area contributed by atoms with E-state index in [1.54, 1.807) is 4.35 Å². The van der Waals surface area contributed by atoms with Crippen molar-refractivity contribution in [1.82, 2.24) is 0 Å². The van der Waals surface area contributed by atoms with Gasteiger partial charge < -0.3 is 24.0 Å². The van der Waals surface area contributed by atoms with Crippen LogP contribution in [0.4, 0.5) is 0 Å². The molecule has 1 fully saturated rings. The van der Waals surface area contributed by atoms with Gasteiger partial charge in [-0.2, -0.15) is 0 Å². The van der Waals surface area contributed by atoms with Crippen molar-refractivity contribution in [3.63, 3.8) is 0 Å². The Kier molecular flexibility index (Phi) is 5.79. The molecular formula is C11H15AsI2. The normalized spacial score (nSPS) is 19.8. The third kappa shape index (κ3) is 3.11. The smallest absolute Gasteiger partial charge is 1.00 e. The fourth-order valence-corrected chi connectivity index (χ4v) is 13.3. The molecule has 1 aliphatic rings. The van der Waals surface area contributed by atoms with Gasteiger partial charge in [-0.05, 0) is 0 Å². The number of halogens is 2. The average Bonchev–Trinajstić information content (AvgIpc) is 2.20. The molecule has 0 radical (unpaired) electrons. The third-order valence-corrected chi connectivity index (χ3v) is 17.5. The van der Waals surface area contributed by atoms with Crippen LogP contribution < -0.4 is 28.3 Å². The number of hydrogen-bond acceptors (Lipinski definition) is 0. The first-order chi connectivity index (χ1) is 6.31. The third-order valence-electron chi connectivity index (χ3n) is 2.74. The molecule has 0 atom stereocenters. The fourth-order valence-electron chi connectivity index (χ4n) is 1.97. The maximum atomic E-state index is 2.83. The number of benzene rings is 1. The Morgan fingerprint density at radius 1 is 0.929 bits per heavy atom. The van der Waals surface area contributed by atoms with E-state index in [0.29, 0.717) is 0 Å². The van der Waals surface area contributed by atoms with Gasteiger partial charge in [-0.15, -0.1) is 0 Å². The zero-order valence-corrected chi connectivity index (χ0v) is 14.3. The number of rotatable bonds is 1. The van der Waals surface area contributed by atoms with Crippen LogP contribution >= 0.6 is 20.1 Å². The molecule has 1 aliphatic heterocycles. The summed E-state index contributed by atoms with van der Waals surface area (Å²) in [4.78, 5) is 0. The molecule has 0 nitrogen and oxygen atoms in total. The largest absolute Gasteiger partial charge is 1.00 e. The van der Waals surface area contributed by atoms with Gasteiger partial charge in [0.15, 0.2) is 0 Å². The molecule has 1 aromatic carbocycles. The molecule has 2 rings (SSSR count). The van der Waals surface area contributed by atoms with Crippen LogP contribution in [-0.4, -0.2) is 10.2 Å². The first-order valence-corrected chi connectivity index (χ1v) is 14.3. The Morgan fingerprint density at radius 2 is 1.50 bits per heavy atom. The van der Waals surface area contributed by atoms with Crippen LogP contribution in [0.15, 0.2) is 30.3 Å². The summed E-state index contributed by atoms with van der Waals surface area (Å²) in [6.45, 7) is 0. The van der Waals surface area contributed by atoms with Crippen molar-refractivity contribution in [3.8, 4) is 0 Å². The second-order valence-corrected chi connectivity index (χ2v) is 19.9. The van der Waals surface area contributed by atoms with Gasteiger partial charge in [-0.1, -0.05) is 0 Å². The van der Waals surface area contributed by atoms with Crippen molar-refractivity contribution in [3.05, 3.63) is 30.3 Å². The van der Waals surface area contributed by atoms with Crippen molar-refractivity contribution < 1.29 is 24.0 Å². The monoisotopic (exact) mass is 476 g/mol. The van der Waals surface area contributed by atoms with Crippen molar-refractivity contribution in [2.75, 3.05) is 0 Å². The maximum absolute atomic E-state index is 2.83. The summed E-state index contributed by atoms with van der Waals surface area (Å²) in [7, 11) is -1.40. The van der Waals surface area contributed by atoms with E-state index in [2.05, 4.69) is 50.5 Å². The van der Waals surface area contributed by atoms with Gasteiger partial charge in [-0.25, -0.2) is 0 Å². The van der Waals surface area contributed by atoms with Crippen LogP contribution in [0.3, 0.4) is 0 Å². The van der Waals surface area contributed by atoms with Gasteiger partial charge in [0.05, 0.1) is 0 Å². The summed E-state index contributed by atoms with van der Waals surface area (Å²) in [5.41, 5.74) is 0. The van der Waals surface area contributed by atoms with Gasteiger partial charge >= 0.3 is 94.7 Å². The molecular weight excluding hydrogens is 461 g/mol. The molecule has 0 spiro atoms. The second kappa shape index (κ2) is 6.09. The Balaban J connectivity index is 0.000000980. The van der Waals surface area contributed by atoms with Crippen LogP contribution in [0, 0.1) is 0 Å². The van der Waals surface area contributed by atoms with Gasteiger partial charge in [0.1, 0.15) is 0 Å². The van der Waals surface area contributed by atoms with Crippen molar-refractivity contribution >= 4 is 34.7 Å². The van der Waals surface area contributed by atoms with Crippen LogP contribution in [-0.2, 0) is 0 Å².